The lowest BCUT2D eigenvalue weighted by molar-refractivity contribution is 0.653. The van der Waals surface area contributed by atoms with Gasteiger partial charge in [-0.05, 0) is 76.5 Å². The Hall–Kier alpha value is -7.50. The third-order valence-corrected chi connectivity index (χ3v) is 11.1. The highest BCUT2D eigenvalue weighted by Crippen LogP contribution is 2.43. The molecule has 0 spiro atoms. The molecule has 4 heterocycles. The lowest BCUT2D eigenvalue weighted by Gasteiger charge is -2.12. The van der Waals surface area contributed by atoms with Crippen molar-refractivity contribution in [2.45, 2.75) is 0 Å². The first-order valence-electron chi connectivity index (χ1n) is 18.6. The minimum atomic E-state index is 0.552. The van der Waals surface area contributed by atoms with Gasteiger partial charge in [0.25, 0.3) is 0 Å². The van der Waals surface area contributed by atoms with Crippen molar-refractivity contribution in [2.24, 2.45) is 0 Å². The Labute approximate surface area is 315 Å². The van der Waals surface area contributed by atoms with Gasteiger partial charge >= 0.3 is 0 Å². The first-order valence-corrected chi connectivity index (χ1v) is 18.6. The quantitative estimate of drug-likeness (QED) is 0.183. The van der Waals surface area contributed by atoms with Crippen molar-refractivity contribution in [3.8, 4) is 34.0 Å². The number of benzene rings is 8. The number of furan rings is 1. The summed E-state index contributed by atoms with van der Waals surface area (Å²) < 4.78 is 11.4. The molecular weight excluding hydrogens is 673 g/mol. The van der Waals surface area contributed by atoms with Crippen molar-refractivity contribution in [1.82, 2.24) is 19.1 Å². The molecule has 0 amide bonds. The van der Waals surface area contributed by atoms with Crippen LogP contribution in [0.2, 0.25) is 0 Å². The smallest absolute Gasteiger partial charge is 0.233 e. The van der Waals surface area contributed by atoms with Crippen LogP contribution in [-0.2, 0) is 0 Å². The first kappa shape index (κ1) is 30.0. The van der Waals surface area contributed by atoms with E-state index in [0.29, 0.717) is 11.5 Å². The Morgan fingerprint density at radius 2 is 1.07 bits per heavy atom. The minimum absolute atomic E-state index is 0.552. The Balaban J connectivity index is 1.23. The average molecular weight is 703 g/mol. The van der Waals surface area contributed by atoms with E-state index in [0.717, 1.165) is 77.4 Å². The normalized spacial score (nSPS) is 12.0. The lowest BCUT2D eigenvalue weighted by Crippen LogP contribution is -2.02. The van der Waals surface area contributed by atoms with Gasteiger partial charge in [-0.15, -0.1) is 0 Å². The number of hydrogen-bond donors (Lipinski definition) is 0. The van der Waals surface area contributed by atoms with Crippen LogP contribution in [-0.4, -0.2) is 19.1 Å². The fourth-order valence-electron chi connectivity index (χ4n) is 8.69. The van der Waals surface area contributed by atoms with Crippen LogP contribution in [0.15, 0.2) is 186 Å². The number of fused-ring (bicyclic) bond motifs is 10. The van der Waals surface area contributed by atoms with Gasteiger partial charge in [-0.2, -0.15) is 4.98 Å². The third-order valence-electron chi connectivity index (χ3n) is 11.1. The summed E-state index contributed by atoms with van der Waals surface area (Å²) in [6.45, 7) is 0. The molecule has 5 nitrogen and oxygen atoms in total. The van der Waals surface area contributed by atoms with E-state index in [1.807, 2.05) is 6.07 Å². The number of rotatable bonds is 4. The van der Waals surface area contributed by atoms with E-state index < -0.39 is 0 Å². The van der Waals surface area contributed by atoms with E-state index in [9.17, 15) is 0 Å². The second-order valence-corrected chi connectivity index (χ2v) is 14.2. The summed E-state index contributed by atoms with van der Waals surface area (Å²) in [6, 6.07) is 64.3. The lowest BCUT2D eigenvalue weighted by atomic mass is 10.0. The molecule has 55 heavy (non-hydrogen) atoms. The Bertz CT molecular complexity index is 3480. The maximum absolute atomic E-state index is 6.74. The van der Waals surface area contributed by atoms with Crippen molar-refractivity contribution >= 4 is 76.5 Å². The minimum Gasteiger partial charge on any atom is -0.437 e. The van der Waals surface area contributed by atoms with E-state index in [1.165, 1.54) is 21.5 Å². The van der Waals surface area contributed by atoms with Crippen molar-refractivity contribution in [3.05, 3.63) is 182 Å². The molecule has 0 fully saturated rings. The molecule has 0 radical (unpaired) electrons. The van der Waals surface area contributed by atoms with Crippen LogP contribution in [0, 0.1) is 0 Å². The molecular formula is C50H30N4O. The highest BCUT2D eigenvalue weighted by atomic mass is 16.3. The predicted octanol–water partition coefficient (Wildman–Crippen LogP) is 13.1. The zero-order chi connectivity index (χ0) is 36.0. The Morgan fingerprint density at radius 3 is 1.89 bits per heavy atom. The summed E-state index contributed by atoms with van der Waals surface area (Å²) in [7, 11) is 0. The van der Waals surface area contributed by atoms with Crippen molar-refractivity contribution in [3.63, 3.8) is 0 Å². The molecule has 8 aromatic carbocycles. The molecule has 0 unspecified atom stereocenters. The summed E-state index contributed by atoms with van der Waals surface area (Å²) in [5.41, 5.74) is 10.0. The monoisotopic (exact) mass is 702 g/mol. The number of hydrogen-bond acceptors (Lipinski definition) is 3. The highest BCUT2D eigenvalue weighted by molar-refractivity contribution is 6.18. The van der Waals surface area contributed by atoms with Crippen LogP contribution < -0.4 is 0 Å². The summed E-state index contributed by atoms with van der Waals surface area (Å²) >= 11 is 0. The van der Waals surface area contributed by atoms with E-state index in [4.69, 9.17) is 14.4 Å². The van der Waals surface area contributed by atoms with E-state index in [2.05, 4.69) is 185 Å². The average Bonchev–Trinajstić information content (AvgIpc) is 3.90. The molecule has 4 aromatic heterocycles. The van der Waals surface area contributed by atoms with Gasteiger partial charge < -0.3 is 8.98 Å². The molecule has 5 heteroatoms. The topological polar surface area (TPSA) is 48.8 Å². The van der Waals surface area contributed by atoms with Gasteiger partial charge in [0.2, 0.25) is 5.71 Å². The van der Waals surface area contributed by atoms with Crippen LogP contribution in [0.4, 0.5) is 0 Å². The summed E-state index contributed by atoms with van der Waals surface area (Å²) in [5, 5.41) is 8.82. The second-order valence-electron chi connectivity index (χ2n) is 14.2. The van der Waals surface area contributed by atoms with Gasteiger partial charge in [-0.1, -0.05) is 127 Å². The third kappa shape index (κ3) is 4.41. The molecule has 0 saturated heterocycles. The Kier molecular flexibility index (Phi) is 6.27. The predicted molar refractivity (Wildman–Crippen MR) is 226 cm³/mol. The van der Waals surface area contributed by atoms with E-state index in [1.54, 1.807) is 0 Å². The summed E-state index contributed by atoms with van der Waals surface area (Å²) in [6.07, 6.45) is 0. The van der Waals surface area contributed by atoms with Gasteiger partial charge in [-0.3, -0.25) is 4.57 Å². The number of aromatic nitrogens is 4. The maximum atomic E-state index is 6.74. The molecule has 0 aliphatic heterocycles. The molecule has 0 N–H and O–H groups in total. The van der Waals surface area contributed by atoms with Gasteiger partial charge in [-0.25, -0.2) is 4.98 Å². The first-order chi connectivity index (χ1) is 27.3. The van der Waals surface area contributed by atoms with Gasteiger partial charge in [0.15, 0.2) is 11.6 Å². The molecule has 256 valence electrons. The van der Waals surface area contributed by atoms with Gasteiger partial charge in [0.1, 0.15) is 5.58 Å². The van der Waals surface area contributed by atoms with E-state index in [-0.39, 0.29) is 0 Å². The van der Waals surface area contributed by atoms with Gasteiger partial charge in [0, 0.05) is 38.2 Å². The fourth-order valence-corrected chi connectivity index (χ4v) is 8.69. The molecule has 12 rings (SSSR count). The second kappa shape index (κ2) is 11.5. The molecule has 0 aliphatic rings. The van der Waals surface area contributed by atoms with Crippen LogP contribution >= 0.6 is 0 Å². The highest BCUT2D eigenvalue weighted by Gasteiger charge is 2.24. The zero-order valence-electron chi connectivity index (χ0n) is 29.5. The maximum Gasteiger partial charge on any atom is 0.233 e. The standard InChI is InChI=1S/C50H30N4O/c1-3-14-31(15-4-1)34-26-27-45-40(29-34)47-49(54-41-23-11-9-20-36(41)39-28-32-16-7-8-17-33(32)30-44(39)54)51-48(52-50(47)55-45)38-22-13-25-43-46(38)37-21-10-12-24-42(37)53(43)35-18-5-2-6-19-35/h1-30H. The van der Waals surface area contributed by atoms with E-state index >= 15 is 0 Å². The molecule has 0 aliphatic carbocycles. The molecule has 0 atom stereocenters. The Morgan fingerprint density at radius 1 is 0.400 bits per heavy atom. The fraction of sp³-hybridized carbons (Fsp3) is 0. The van der Waals surface area contributed by atoms with Crippen LogP contribution in [0.25, 0.3) is 110 Å². The van der Waals surface area contributed by atoms with Crippen molar-refractivity contribution in [1.29, 1.82) is 0 Å². The van der Waals surface area contributed by atoms with Crippen LogP contribution in [0.1, 0.15) is 0 Å². The molecule has 0 saturated carbocycles. The SMILES string of the molecule is c1ccc(-c2ccc3oc4nc(-c5cccc6c5c5ccccc5n6-c5ccccc5)nc(-n5c6ccccc6c6cc7ccccc7cc65)c4c3c2)cc1. The molecule has 12 aromatic rings. The summed E-state index contributed by atoms with van der Waals surface area (Å²) in [5.74, 6) is 1.40. The number of nitrogens with zero attached hydrogens (tertiary/aromatic N) is 4. The van der Waals surface area contributed by atoms with Crippen LogP contribution in [0.3, 0.4) is 0 Å². The van der Waals surface area contributed by atoms with Crippen molar-refractivity contribution < 1.29 is 4.42 Å². The number of para-hydroxylation sites is 3. The zero-order valence-corrected chi connectivity index (χ0v) is 29.5. The van der Waals surface area contributed by atoms with Crippen molar-refractivity contribution in [2.75, 3.05) is 0 Å². The largest absolute Gasteiger partial charge is 0.437 e. The van der Waals surface area contributed by atoms with Crippen LogP contribution in [0.5, 0.6) is 0 Å². The summed E-state index contributed by atoms with van der Waals surface area (Å²) in [4.78, 5) is 10.9. The van der Waals surface area contributed by atoms with Gasteiger partial charge in [0.05, 0.1) is 27.5 Å². The molecule has 0 bridgehead atoms.